The summed E-state index contributed by atoms with van der Waals surface area (Å²) in [5, 5.41) is 12.9. The van der Waals surface area contributed by atoms with Gasteiger partial charge in [0.05, 0.1) is 10.7 Å². The second-order valence-corrected chi connectivity index (χ2v) is 5.98. The molecule has 0 N–H and O–H groups in total. The number of halogens is 1. The molecular weight excluding hydrogens is 340 g/mol. The van der Waals surface area contributed by atoms with Gasteiger partial charge in [0, 0.05) is 17.3 Å². The second kappa shape index (κ2) is 6.10. The first-order valence-electron chi connectivity index (χ1n) is 7.63. The molecule has 3 heterocycles. The number of benzene rings is 1. The molecule has 8 heteroatoms. The lowest BCUT2D eigenvalue weighted by Gasteiger charge is -2.05. The van der Waals surface area contributed by atoms with Gasteiger partial charge in [0.1, 0.15) is 12.2 Å². The molecule has 0 amide bonds. The zero-order valence-corrected chi connectivity index (χ0v) is 14.1. The quantitative estimate of drug-likeness (QED) is 0.565. The van der Waals surface area contributed by atoms with Crippen LogP contribution in [-0.2, 0) is 6.54 Å². The Bertz CT molecular complexity index is 1130. The van der Waals surface area contributed by atoms with Crippen LogP contribution in [-0.4, -0.2) is 29.6 Å². The molecule has 4 aromatic rings. The van der Waals surface area contributed by atoms with Crippen LogP contribution in [0.1, 0.15) is 11.4 Å². The van der Waals surface area contributed by atoms with Crippen molar-refractivity contribution < 1.29 is 0 Å². The van der Waals surface area contributed by atoms with Gasteiger partial charge in [0.15, 0.2) is 0 Å². The number of pyridine rings is 1. The van der Waals surface area contributed by atoms with Crippen LogP contribution in [0, 0.1) is 6.92 Å². The SMILES string of the molecule is Cc1cccc2nc(Cn3nnc(-c4ccccc4Cl)n3)cc(=O)n12. The van der Waals surface area contributed by atoms with Crippen molar-refractivity contribution in [3.05, 3.63) is 75.3 Å². The highest BCUT2D eigenvalue weighted by Gasteiger charge is 2.11. The molecule has 7 nitrogen and oxygen atoms in total. The molecule has 0 bridgehead atoms. The van der Waals surface area contributed by atoms with Gasteiger partial charge in [0.25, 0.3) is 5.56 Å². The van der Waals surface area contributed by atoms with Gasteiger partial charge in [0.2, 0.25) is 5.82 Å². The van der Waals surface area contributed by atoms with E-state index in [1.165, 1.54) is 10.9 Å². The summed E-state index contributed by atoms with van der Waals surface area (Å²) in [6.07, 6.45) is 0. The number of fused-ring (bicyclic) bond motifs is 1. The standard InChI is InChI=1S/C17H13ClN6O/c1-11-5-4-8-15-19-12(9-16(25)24(11)15)10-23-21-17(20-22-23)13-6-2-3-7-14(13)18/h2-9H,10H2,1H3. The third-order valence-electron chi connectivity index (χ3n) is 3.80. The first kappa shape index (κ1) is 15.5. The molecular formula is C17H13ClN6O. The Kier molecular flexibility index (Phi) is 3.77. The Morgan fingerprint density at radius 1 is 1.12 bits per heavy atom. The highest BCUT2D eigenvalue weighted by molar-refractivity contribution is 6.33. The van der Waals surface area contributed by atoms with Crippen molar-refractivity contribution in [2.45, 2.75) is 13.5 Å². The Labute approximate surface area is 147 Å². The van der Waals surface area contributed by atoms with Crippen LogP contribution in [0.4, 0.5) is 0 Å². The Morgan fingerprint density at radius 3 is 2.80 bits per heavy atom. The normalized spacial score (nSPS) is 11.1. The monoisotopic (exact) mass is 352 g/mol. The summed E-state index contributed by atoms with van der Waals surface area (Å²) in [6, 6.07) is 14.3. The van der Waals surface area contributed by atoms with Crippen LogP contribution < -0.4 is 5.56 Å². The van der Waals surface area contributed by atoms with E-state index in [0.29, 0.717) is 27.8 Å². The van der Waals surface area contributed by atoms with E-state index in [1.807, 2.05) is 37.3 Å². The minimum atomic E-state index is -0.135. The van der Waals surface area contributed by atoms with Crippen molar-refractivity contribution in [3.63, 3.8) is 0 Å². The maximum atomic E-state index is 12.3. The maximum Gasteiger partial charge on any atom is 0.258 e. The second-order valence-electron chi connectivity index (χ2n) is 5.57. The fourth-order valence-corrected chi connectivity index (χ4v) is 2.87. The first-order chi connectivity index (χ1) is 12.1. The third kappa shape index (κ3) is 2.89. The van der Waals surface area contributed by atoms with Crippen molar-refractivity contribution in [1.29, 1.82) is 0 Å². The van der Waals surface area contributed by atoms with Crippen molar-refractivity contribution in [1.82, 2.24) is 29.6 Å². The molecule has 1 aromatic carbocycles. The van der Waals surface area contributed by atoms with Crippen molar-refractivity contribution >= 4 is 17.2 Å². The van der Waals surface area contributed by atoms with Gasteiger partial charge in [-0.2, -0.15) is 4.80 Å². The molecule has 4 rings (SSSR count). The van der Waals surface area contributed by atoms with Crippen LogP contribution in [0.25, 0.3) is 17.0 Å². The van der Waals surface area contributed by atoms with Crippen molar-refractivity contribution in [2.75, 3.05) is 0 Å². The number of rotatable bonds is 3. The van der Waals surface area contributed by atoms with Gasteiger partial charge in [-0.1, -0.05) is 29.8 Å². The van der Waals surface area contributed by atoms with Gasteiger partial charge >= 0.3 is 0 Å². The molecule has 0 spiro atoms. The molecule has 0 aliphatic carbocycles. The summed E-state index contributed by atoms with van der Waals surface area (Å²) in [6.45, 7) is 2.11. The summed E-state index contributed by atoms with van der Waals surface area (Å²) in [5.41, 5.74) is 2.57. The molecule has 0 saturated carbocycles. The largest absolute Gasteiger partial charge is 0.269 e. The van der Waals surface area contributed by atoms with E-state index >= 15 is 0 Å². The minimum Gasteiger partial charge on any atom is -0.269 e. The number of nitrogens with zero attached hydrogens (tertiary/aromatic N) is 6. The molecule has 0 saturated heterocycles. The number of aryl methyl sites for hydroxylation is 1. The zero-order valence-electron chi connectivity index (χ0n) is 13.3. The molecule has 0 aliphatic heterocycles. The average molecular weight is 353 g/mol. The average Bonchev–Trinajstić information content (AvgIpc) is 3.03. The summed E-state index contributed by atoms with van der Waals surface area (Å²) >= 11 is 6.16. The lowest BCUT2D eigenvalue weighted by Crippen LogP contribution is -2.19. The van der Waals surface area contributed by atoms with Gasteiger partial charge in [-0.05, 0) is 36.4 Å². The number of hydrogen-bond acceptors (Lipinski definition) is 5. The molecule has 124 valence electrons. The highest BCUT2D eigenvalue weighted by atomic mass is 35.5. The smallest absolute Gasteiger partial charge is 0.258 e. The Balaban J connectivity index is 1.69. The Morgan fingerprint density at radius 2 is 1.96 bits per heavy atom. The Hall–Kier alpha value is -3.06. The van der Waals surface area contributed by atoms with E-state index in [9.17, 15) is 4.79 Å². The molecule has 0 aliphatic rings. The minimum absolute atomic E-state index is 0.135. The van der Waals surface area contributed by atoms with Crippen molar-refractivity contribution in [2.24, 2.45) is 0 Å². The van der Waals surface area contributed by atoms with Crippen LogP contribution >= 0.6 is 11.6 Å². The summed E-state index contributed by atoms with van der Waals surface area (Å²) in [4.78, 5) is 18.2. The zero-order chi connectivity index (χ0) is 17.4. The molecule has 0 fully saturated rings. The van der Waals surface area contributed by atoms with Crippen LogP contribution in [0.3, 0.4) is 0 Å². The topological polar surface area (TPSA) is 78.0 Å². The summed E-state index contributed by atoms with van der Waals surface area (Å²) in [5.74, 6) is 0.430. The van der Waals surface area contributed by atoms with Gasteiger partial charge in [-0.3, -0.25) is 9.20 Å². The van der Waals surface area contributed by atoms with Crippen LogP contribution in [0.15, 0.2) is 53.3 Å². The lowest BCUT2D eigenvalue weighted by molar-refractivity contribution is 0.564. The predicted molar refractivity (Wildman–Crippen MR) is 93.6 cm³/mol. The van der Waals surface area contributed by atoms with E-state index < -0.39 is 0 Å². The fraction of sp³-hybridized carbons (Fsp3) is 0.118. The third-order valence-corrected chi connectivity index (χ3v) is 4.13. The molecule has 3 aromatic heterocycles. The van der Waals surface area contributed by atoms with Gasteiger partial charge in [-0.25, -0.2) is 4.98 Å². The van der Waals surface area contributed by atoms with E-state index in [2.05, 4.69) is 20.4 Å². The summed E-state index contributed by atoms with van der Waals surface area (Å²) in [7, 11) is 0. The van der Waals surface area contributed by atoms with E-state index in [-0.39, 0.29) is 12.1 Å². The molecule has 0 unspecified atom stereocenters. The number of aromatic nitrogens is 6. The number of tetrazole rings is 1. The van der Waals surface area contributed by atoms with Gasteiger partial charge in [-0.15, -0.1) is 10.2 Å². The van der Waals surface area contributed by atoms with Crippen LogP contribution in [0.2, 0.25) is 5.02 Å². The maximum absolute atomic E-state index is 12.3. The van der Waals surface area contributed by atoms with E-state index in [0.717, 1.165) is 5.69 Å². The molecule has 0 radical (unpaired) electrons. The number of hydrogen-bond donors (Lipinski definition) is 0. The van der Waals surface area contributed by atoms with E-state index in [1.54, 1.807) is 16.5 Å². The summed E-state index contributed by atoms with van der Waals surface area (Å²) < 4.78 is 1.56. The van der Waals surface area contributed by atoms with Gasteiger partial charge < -0.3 is 0 Å². The molecule has 25 heavy (non-hydrogen) atoms. The van der Waals surface area contributed by atoms with Crippen LogP contribution in [0.5, 0.6) is 0 Å². The van der Waals surface area contributed by atoms with Crippen molar-refractivity contribution in [3.8, 4) is 11.4 Å². The first-order valence-corrected chi connectivity index (χ1v) is 8.00. The predicted octanol–water partition coefficient (Wildman–Crippen LogP) is 2.36. The fourth-order valence-electron chi connectivity index (χ4n) is 2.65. The highest BCUT2D eigenvalue weighted by Crippen LogP contribution is 2.23. The van der Waals surface area contributed by atoms with E-state index in [4.69, 9.17) is 11.6 Å². The lowest BCUT2D eigenvalue weighted by atomic mass is 10.2. The molecule has 0 atom stereocenters.